The van der Waals surface area contributed by atoms with E-state index < -0.39 is 0 Å². The van der Waals surface area contributed by atoms with Crippen LogP contribution in [0.1, 0.15) is 29.0 Å². The first-order valence-corrected chi connectivity index (χ1v) is 24.8. The van der Waals surface area contributed by atoms with Crippen molar-refractivity contribution in [3.63, 3.8) is 0 Å². The number of hydrogen-bond donors (Lipinski definition) is 2. The van der Waals surface area contributed by atoms with Crippen LogP contribution in [-0.4, -0.2) is 15.0 Å². The van der Waals surface area contributed by atoms with Gasteiger partial charge in [0.15, 0.2) is 0 Å². The summed E-state index contributed by atoms with van der Waals surface area (Å²) >= 11 is 0. The molecular formula is C67H45N5. The molecule has 5 nitrogen and oxygen atoms in total. The maximum absolute atomic E-state index is 5.57. The number of benzene rings is 12. The molecule has 14 aromatic rings. The van der Waals surface area contributed by atoms with Crippen molar-refractivity contribution in [2.45, 2.75) is 12.3 Å². The predicted molar refractivity (Wildman–Crippen MR) is 302 cm³/mol. The molecule has 2 N–H and O–H groups in total. The number of nitrogens with one attached hydrogen (secondary N) is 2. The molecule has 0 amide bonds. The Kier molecular flexibility index (Phi) is 9.10. The summed E-state index contributed by atoms with van der Waals surface area (Å²) in [6.07, 6.45) is -0.523. The number of amidine groups is 1. The van der Waals surface area contributed by atoms with Gasteiger partial charge in [0.2, 0.25) is 0 Å². The van der Waals surface area contributed by atoms with Crippen molar-refractivity contribution in [3.8, 4) is 22.5 Å². The Morgan fingerprint density at radius 1 is 0.333 bits per heavy atom. The third-order valence-electron chi connectivity index (χ3n) is 15.1. The second-order valence-corrected chi connectivity index (χ2v) is 19.2. The average Bonchev–Trinajstić information content (AvgIpc) is 3.96. The highest BCUT2D eigenvalue weighted by atomic mass is 15.3. The molecule has 2 aromatic heterocycles. The van der Waals surface area contributed by atoms with Crippen molar-refractivity contribution in [1.29, 1.82) is 0 Å². The van der Waals surface area contributed by atoms with Gasteiger partial charge >= 0.3 is 0 Å². The van der Waals surface area contributed by atoms with Crippen LogP contribution in [0, 0.1) is 0 Å². The van der Waals surface area contributed by atoms with E-state index in [9.17, 15) is 0 Å². The fraction of sp³-hybridized carbons (Fsp3) is 0.0299. The highest BCUT2D eigenvalue weighted by molar-refractivity contribution is 6.19. The molecular weight excluding hydrogens is 875 g/mol. The second-order valence-electron chi connectivity index (χ2n) is 19.2. The van der Waals surface area contributed by atoms with Gasteiger partial charge < -0.3 is 14.5 Å². The van der Waals surface area contributed by atoms with E-state index >= 15 is 0 Å². The molecule has 0 spiro atoms. The minimum absolute atomic E-state index is 0.214. The lowest BCUT2D eigenvalue weighted by atomic mass is 9.99. The van der Waals surface area contributed by atoms with Crippen molar-refractivity contribution in [3.05, 3.63) is 265 Å². The lowest BCUT2D eigenvalue weighted by molar-refractivity contribution is 0.409. The minimum atomic E-state index is -0.310. The quantitative estimate of drug-likeness (QED) is 0.175. The van der Waals surface area contributed by atoms with Crippen LogP contribution in [0.15, 0.2) is 254 Å². The zero-order chi connectivity index (χ0) is 47.3. The molecule has 0 aliphatic carbocycles. The maximum atomic E-state index is 5.57. The van der Waals surface area contributed by atoms with E-state index in [1.54, 1.807) is 0 Å². The van der Waals surface area contributed by atoms with Gasteiger partial charge in [-0.3, -0.25) is 5.32 Å². The Bertz CT molecular complexity index is 4520. The van der Waals surface area contributed by atoms with Gasteiger partial charge in [0, 0.05) is 43.9 Å². The summed E-state index contributed by atoms with van der Waals surface area (Å²) in [7, 11) is 0. The summed E-state index contributed by atoms with van der Waals surface area (Å²) in [5.74, 6) is 0.846. The summed E-state index contributed by atoms with van der Waals surface area (Å²) in [6, 6.07) is 90.8. The molecule has 5 heteroatoms. The summed E-state index contributed by atoms with van der Waals surface area (Å²) < 4.78 is 4.91. The van der Waals surface area contributed by atoms with Gasteiger partial charge in [-0.05, 0) is 115 Å². The smallest absolute Gasteiger partial charge is 0.132 e. The standard InChI is InChI=1S/C67H45N5/c1-2-14-42(15-3-1)44-26-29-46(30-27-44)65-68-66(50-31-28-43-16-4-5-18-47(43)36-50)70-67(69-65)60-41-53(37-49-19-7-8-20-54(49)60)71-61-24-12-11-23-57(61)59-39-51-38-52(34-32-48(51)40-63(59)71)72-62-25-13-10-22-56(62)58-35-33-45-17-6-9-21-55(45)64(58)72/h1-41,65-66,68H,(H,69,70). The van der Waals surface area contributed by atoms with Crippen LogP contribution in [-0.2, 0) is 0 Å². The van der Waals surface area contributed by atoms with Gasteiger partial charge in [-0.25, -0.2) is 4.99 Å². The number of nitrogens with zero attached hydrogens (tertiary/aromatic N) is 3. The van der Waals surface area contributed by atoms with E-state index in [0.717, 1.165) is 55.7 Å². The number of aromatic nitrogens is 2. The van der Waals surface area contributed by atoms with Gasteiger partial charge in [-0.15, -0.1) is 0 Å². The van der Waals surface area contributed by atoms with Crippen LogP contribution >= 0.6 is 0 Å². The first kappa shape index (κ1) is 40.6. The normalized spacial score (nSPS) is 15.1. The van der Waals surface area contributed by atoms with Crippen molar-refractivity contribution in [2.75, 3.05) is 0 Å². The van der Waals surface area contributed by atoms with Crippen LogP contribution in [0.4, 0.5) is 0 Å². The molecule has 0 fully saturated rings. The van der Waals surface area contributed by atoms with Gasteiger partial charge in [0.1, 0.15) is 18.2 Å². The van der Waals surface area contributed by atoms with E-state index in [1.807, 2.05) is 0 Å². The number of hydrogen-bond acceptors (Lipinski definition) is 3. The minimum Gasteiger partial charge on any atom is -0.350 e. The van der Waals surface area contributed by atoms with Crippen LogP contribution in [0.3, 0.4) is 0 Å². The second kappa shape index (κ2) is 16.1. The van der Waals surface area contributed by atoms with Gasteiger partial charge in [-0.2, -0.15) is 0 Å². The van der Waals surface area contributed by atoms with Crippen LogP contribution in [0.2, 0.25) is 0 Å². The highest BCUT2D eigenvalue weighted by Crippen LogP contribution is 2.41. The average molecular weight is 920 g/mol. The Morgan fingerprint density at radius 3 is 1.75 bits per heavy atom. The van der Waals surface area contributed by atoms with E-state index in [2.05, 4.69) is 268 Å². The fourth-order valence-corrected chi connectivity index (χ4v) is 11.6. The molecule has 0 bridgehead atoms. The van der Waals surface area contributed by atoms with Gasteiger partial charge in [0.25, 0.3) is 0 Å². The third kappa shape index (κ3) is 6.48. The lowest BCUT2D eigenvalue weighted by Gasteiger charge is -2.33. The molecule has 12 aromatic carbocycles. The first-order valence-electron chi connectivity index (χ1n) is 24.8. The zero-order valence-corrected chi connectivity index (χ0v) is 39.2. The van der Waals surface area contributed by atoms with Crippen molar-refractivity contribution in [2.24, 2.45) is 4.99 Å². The molecule has 1 aliphatic heterocycles. The van der Waals surface area contributed by atoms with E-state index in [1.165, 1.54) is 76.0 Å². The third-order valence-corrected chi connectivity index (χ3v) is 15.1. The highest BCUT2D eigenvalue weighted by Gasteiger charge is 2.28. The molecule has 3 heterocycles. The molecule has 338 valence electrons. The molecule has 15 rings (SSSR count). The maximum Gasteiger partial charge on any atom is 0.132 e. The molecule has 0 radical (unpaired) electrons. The monoisotopic (exact) mass is 919 g/mol. The number of para-hydroxylation sites is 2. The Balaban J connectivity index is 0.900. The lowest BCUT2D eigenvalue weighted by Crippen LogP contribution is -2.45. The fourth-order valence-electron chi connectivity index (χ4n) is 11.6. The largest absolute Gasteiger partial charge is 0.350 e. The Morgan fingerprint density at radius 2 is 0.931 bits per heavy atom. The topological polar surface area (TPSA) is 46.3 Å². The summed E-state index contributed by atoms with van der Waals surface area (Å²) in [6.45, 7) is 0. The SMILES string of the molecule is c1ccc(-c2ccc(C3N=C(c4cc(-n5c6ccccc6c6cc7cc(-n8c9ccccc9c9ccc%10ccccc%10c98)ccc7cc65)cc5ccccc45)NC(c4ccc5ccccc5c4)N3)cc2)cc1. The number of aliphatic imine (C=N–C) groups is 1. The van der Waals surface area contributed by atoms with Crippen molar-refractivity contribution < 1.29 is 0 Å². The van der Waals surface area contributed by atoms with E-state index in [-0.39, 0.29) is 12.3 Å². The van der Waals surface area contributed by atoms with E-state index in [4.69, 9.17) is 4.99 Å². The molecule has 0 saturated heterocycles. The Hall–Kier alpha value is -9.29. The molecule has 1 aliphatic rings. The van der Waals surface area contributed by atoms with E-state index in [0.29, 0.717) is 0 Å². The first-order chi connectivity index (χ1) is 35.7. The van der Waals surface area contributed by atoms with Crippen LogP contribution in [0.5, 0.6) is 0 Å². The molecule has 2 atom stereocenters. The summed E-state index contributed by atoms with van der Waals surface area (Å²) in [5.41, 5.74) is 12.7. The number of rotatable bonds is 6. The van der Waals surface area contributed by atoms with Crippen LogP contribution in [0.25, 0.3) is 109 Å². The number of fused-ring (bicyclic) bond motifs is 11. The Labute approximate surface area is 415 Å². The van der Waals surface area contributed by atoms with Crippen molar-refractivity contribution >= 4 is 92.5 Å². The van der Waals surface area contributed by atoms with Crippen LogP contribution < -0.4 is 10.6 Å². The predicted octanol–water partition coefficient (Wildman–Crippen LogP) is 16.5. The summed E-state index contributed by atoms with van der Waals surface area (Å²) in [4.78, 5) is 5.57. The molecule has 0 saturated carbocycles. The summed E-state index contributed by atoms with van der Waals surface area (Å²) in [5, 5.41) is 22.4. The van der Waals surface area contributed by atoms with Crippen molar-refractivity contribution in [1.82, 2.24) is 19.8 Å². The van der Waals surface area contributed by atoms with Gasteiger partial charge in [0.05, 0.1) is 22.1 Å². The molecule has 72 heavy (non-hydrogen) atoms. The molecule has 2 unspecified atom stereocenters. The van der Waals surface area contributed by atoms with Gasteiger partial charge in [-0.1, -0.05) is 194 Å². The zero-order valence-electron chi connectivity index (χ0n) is 39.2.